The highest BCUT2D eigenvalue weighted by molar-refractivity contribution is 5.76. The van der Waals surface area contributed by atoms with Crippen molar-refractivity contribution in [2.24, 2.45) is 5.41 Å². The minimum absolute atomic E-state index is 0.226. The summed E-state index contributed by atoms with van der Waals surface area (Å²) in [6.07, 6.45) is -14.4. The minimum atomic E-state index is -1.69. The van der Waals surface area contributed by atoms with Crippen molar-refractivity contribution < 1.29 is 64.2 Å². The molecule has 3 heterocycles. The zero-order chi connectivity index (χ0) is 32.1. The second kappa shape index (κ2) is 16.0. The second-order valence-electron chi connectivity index (χ2n) is 12.8. The monoisotopic (exact) mass is 624 g/mol. The molecule has 0 radical (unpaired) electrons. The average Bonchev–Trinajstić information content (AvgIpc) is 2.95. The molecule has 3 aliphatic heterocycles. The first-order valence-corrected chi connectivity index (χ1v) is 15.1. The molecule has 3 saturated heterocycles. The van der Waals surface area contributed by atoms with Crippen molar-refractivity contribution in [3.63, 3.8) is 0 Å². The van der Waals surface area contributed by atoms with Crippen LogP contribution in [0.4, 0.5) is 0 Å². The first-order chi connectivity index (χ1) is 20.2. The summed E-state index contributed by atoms with van der Waals surface area (Å²) in [6.45, 7) is 7.13. The number of aliphatic hydroxyl groups is 7. The smallest absolute Gasteiger partial charge is 0.220 e. The van der Waals surface area contributed by atoms with Gasteiger partial charge in [-0.2, -0.15) is 0 Å². The van der Waals surface area contributed by atoms with Crippen LogP contribution in [0.1, 0.15) is 53.4 Å². The minimum Gasteiger partial charge on any atom is -0.394 e. The fourth-order valence-electron chi connectivity index (χ4n) is 5.67. The van der Waals surface area contributed by atoms with Gasteiger partial charge in [-0.1, -0.05) is 27.2 Å². The Hall–Kier alpha value is -1.05. The number of carbonyl (C=O) groups is 1. The van der Waals surface area contributed by atoms with Crippen molar-refractivity contribution in [3.8, 4) is 0 Å². The molecule has 252 valence electrons. The molecule has 0 aromatic rings. The lowest BCUT2D eigenvalue weighted by atomic mass is 9.79. The number of unbranched alkanes of at least 4 members (excludes halogenated alkanes) is 2. The van der Waals surface area contributed by atoms with Gasteiger partial charge in [0.15, 0.2) is 12.6 Å². The van der Waals surface area contributed by atoms with Crippen LogP contribution in [0.25, 0.3) is 0 Å². The summed E-state index contributed by atoms with van der Waals surface area (Å²) in [4.78, 5) is 12.7. The maximum absolute atomic E-state index is 12.7. The van der Waals surface area contributed by atoms with Gasteiger partial charge in [-0.05, 0) is 38.8 Å². The van der Waals surface area contributed by atoms with Crippen molar-refractivity contribution in [2.75, 3.05) is 26.8 Å². The van der Waals surface area contributed by atoms with Gasteiger partial charge < -0.3 is 70.1 Å². The SMILES string of the molecule is CNCCCCCC(=O)N[C@H]1C(CO)O[C@@H](C(C)(C)C)C(O[C@@H]2OC(C)[C@H](O[C@@H]3OC[C@@H](O)C(O)C3O)C(O)C2O)C1O. The Kier molecular flexibility index (Phi) is 13.5. The standard InChI is InChI=1S/C28H52N2O13/c1-13-23(42-26-21(37)18(34)14(32)12-39-26)20(36)22(38)27(40-13)43-24-19(35)17(15(11-31)41-25(24)28(2,3)4)30-16(33)9-7-6-8-10-29-5/h13-15,17-27,29,31-32,34-38H,6-12H2,1-5H3,(H,30,33)/t13?,14-,15?,17+,18?,19?,20?,21?,22?,23+,24?,25-,26+,27+/m1/s1. The van der Waals surface area contributed by atoms with E-state index < -0.39 is 97.8 Å². The fraction of sp³-hybridized carbons (Fsp3) is 0.964. The number of hydrogen-bond donors (Lipinski definition) is 9. The Morgan fingerprint density at radius 1 is 0.860 bits per heavy atom. The van der Waals surface area contributed by atoms with Gasteiger partial charge in [-0.3, -0.25) is 4.79 Å². The molecule has 0 spiro atoms. The van der Waals surface area contributed by atoms with Gasteiger partial charge in [0, 0.05) is 6.42 Å². The molecule has 43 heavy (non-hydrogen) atoms. The van der Waals surface area contributed by atoms with Crippen molar-refractivity contribution in [1.82, 2.24) is 10.6 Å². The normalized spacial score (nSPS) is 42.5. The lowest BCUT2D eigenvalue weighted by Crippen LogP contribution is -2.69. The van der Waals surface area contributed by atoms with E-state index in [-0.39, 0.29) is 18.9 Å². The summed E-state index contributed by atoms with van der Waals surface area (Å²) in [6, 6.07) is -1.02. The lowest BCUT2D eigenvalue weighted by Gasteiger charge is -2.51. The Morgan fingerprint density at radius 3 is 2.14 bits per heavy atom. The second-order valence-corrected chi connectivity index (χ2v) is 12.8. The number of ether oxygens (including phenoxy) is 5. The number of hydrogen-bond acceptors (Lipinski definition) is 14. The van der Waals surface area contributed by atoms with Crippen LogP contribution in [-0.4, -0.2) is 154 Å². The molecule has 0 aromatic carbocycles. The first-order valence-electron chi connectivity index (χ1n) is 15.1. The van der Waals surface area contributed by atoms with E-state index >= 15 is 0 Å². The van der Waals surface area contributed by atoms with Gasteiger partial charge >= 0.3 is 0 Å². The fourth-order valence-corrected chi connectivity index (χ4v) is 5.67. The number of aliphatic hydroxyl groups excluding tert-OH is 7. The molecule has 0 aromatic heterocycles. The van der Waals surface area contributed by atoms with Gasteiger partial charge in [-0.25, -0.2) is 0 Å². The van der Waals surface area contributed by atoms with Crippen LogP contribution in [0.5, 0.6) is 0 Å². The Morgan fingerprint density at radius 2 is 1.51 bits per heavy atom. The van der Waals surface area contributed by atoms with Crippen molar-refractivity contribution in [2.45, 2.75) is 139 Å². The van der Waals surface area contributed by atoms with Crippen LogP contribution in [0.2, 0.25) is 0 Å². The third-order valence-electron chi connectivity index (χ3n) is 8.23. The van der Waals surface area contributed by atoms with Crippen molar-refractivity contribution in [1.29, 1.82) is 0 Å². The van der Waals surface area contributed by atoms with E-state index in [0.717, 1.165) is 19.4 Å². The van der Waals surface area contributed by atoms with E-state index in [1.54, 1.807) is 0 Å². The molecule has 15 heteroatoms. The van der Waals surface area contributed by atoms with Crippen molar-refractivity contribution in [3.05, 3.63) is 0 Å². The summed E-state index contributed by atoms with van der Waals surface area (Å²) in [5.74, 6) is -0.314. The lowest BCUT2D eigenvalue weighted by molar-refractivity contribution is -0.361. The molecule has 3 aliphatic rings. The highest BCUT2D eigenvalue weighted by Gasteiger charge is 2.54. The van der Waals surface area contributed by atoms with Crippen LogP contribution in [0.15, 0.2) is 0 Å². The first kappa shape index (κ1) is 36.4. The van der Waals surface area contributed by atoms with Gasteiger partial charge in [0.1, 0.15) is 54.9 Å². The zero-order valence-electron chi connectivity index (χ0n) is 25.6. The molecule has 14 atom stereocenters. The molecule has 3 rings (SSSR count). The largest absolute Gasteiger partial charge is 0.394 e. The third kappa shape index (κ3) is 9.03. The summed E-state index contributed by atoms with van der Waals surface area (Å²) in [5, 5.41) is 79.2. The Bertz CT molecular complexity index is 863. The predicted molar refractivity (Wildman–Crippen MR) is 149 cm³/mol. The summed E-state index contributed by atoms with van der Waals surface area (Å²) in [5.41, 5.74) is -0.628. The highest BCUT2D eigenvalue weighted by Crippen LogP contribution is 2.37. The van der Waals surface area contributed by atoms with Crippen LogP contribution in [0.3, 0.4) is 0 Å². The molecule has 0 bridgehead atoms. The van der Waals surface area contributed by atoms with E-state index in [2.05, 4.69) is 10.6 Å². The third-order valence-corrected chi connectivity index (χ3v) is 8.23. The van der Waals surface area contributed by atoms with Gasteiger partial charge in [-0.15, -0.1) is 0 Å². The van der Waals surface area contributed by atoms with E-state index in [9.17, 15) is 40.5 Å². The molecule has 3 fully saturated rings. The number of nitrogens with one attached hydrogen (secondary N) is 2. The topological polar surface area (TPSA) is 229 Å². The molecular formula is C28H52N2O13. The van der Waals surface area contributed by atoms with Crippen molar-refractivity contribution >= 4 is 5.91 Å². The van der Waals surface area contributed by atoms with Crippen LogP contribution in [0, 0.1) is 5.41 Å². The molecule has 0 aliphatic carbocycles. The number of carbonyl (C=O) groups excluding carboxylic acids is 1. The maximum atomic E-state index is 12.7. The van der Waals surface area contributed by atoms with E-state index in [1.807, 2.05) is 27.8 Å². The van der Waals surface area contributed by atoms with E-state index in [4.69, 9.17) is 23.7 Å². The summed E-state index contributed by atoms with van der Waals surface area (Å²) < 4.78 is 29.0. The van der Waals surface area contributed by atoms with E-state index in [1.165, 1.54) is 6.92 Å². The number of rotatable bonds is 12. The molecular weight excluding hydrogens is 572 g/mol. The Labute approximate surface area is 252 Å². The molecule has 1 amide bonds. The van der Waals surface area contributed by atoms with Crippen LogP contribution < -0.4 is 10.6 Å². The van der Waals surface area contributed by atoms with Gasteiger partial charge in [0.05, 0.1) is 31.5 Å². The molecule has 8 unspecified atom stereocenters. The van der Waals surface area contributed by atoms with Crippen LogP contribution >= 0.6 is 0 Å². The summed E-state index contributed by atoms with van der Waals surface area (Å²) in [7, 11) is 1.86. The maximum Gasteiger partial charge on any atom is 0.220 e. The van der Waals surface area contributed by atoms with E-state index in [0.29, 0.717) is 6.42 Å². The Balaban J connectivity index is 1.71. The van der Waals surface area contributed by atoms with Gasteiger partial charge in [0.25, 0.3) is 0 Å². The quantitative estimate of drug-likeness (QED) is 0.0993. The average molecular weight is 625 g/mol. The van der Waals surface area contributed by atoms with Gasteiger partial charge in [0.2, 0.25) is 5.91 Å². The molecule has 0 saturated carbocycles. The zero-order valence-corrected chi connectivity index (χ0v) is 25.6. The summed E-state index contributed by atoms with van der Waals surface area (Å²) >= 11 is 0. The highest BCUT2D eigenvalue weighted by atomic mass is 16.7. The van der Waals surface area contributed by atoms with Crippen LogP contribution in [-0.2, 0) is 28.5 Å². The number of amides is 1. The molecule has 15 nitrogen and oxygen atoms in total. The predicted octanol–water partition coefficient (Wildman–Crippen LogP) is -2.91. The molecule has 9 N–H and O–H groups in total.